The Bertz CT molecular complexity index is 799. The molecule has 0 spiro atoms. The number of rotatable bonds is 3. The third kappa shape index (κ3) is 3.88. The zero-order valence-corrected chi connectivity index (χ0v) is 16.3. The van der Waals surface area contributed by atoms with Gasteiger partial charge in [-0.25, -0.2) is 9.97 Å². The van der Waals surface area contributed by atoms with Gasteiger partial charge in [0, 0.05) is 37.2 Å². The predicted octanol–water partition coefficient (Wildman–Crippen LogP) is 2.97. The number of hydrogen-bond donors (Lipinski definition) is 0. The summed E-state index contributed by atoms with van der Waals surface area (Å²) in [5.41, 5.74) is 3.31. The number of hydrogen-bond acceptors (Lipinski definition) is 4. The van der Waals surface area contributed by atoms with Crippen molar-refractivity contribution >= 4 is 5.91 Å². The molecule has 142 valence electrons. The van der Waals surface area contributed by atoms with Crippen LogP contribution < -0.4 is 0 Å². The Balaban J connectivity index is 1.45. The summed E-state index contributed by atoms with van der Waals surface area (Å²) in [7, 11) is 2.17. The van der Waals surface area contributed by atoms with Crippen molar-refractivity contribution in [1.29, 1.82) is 0 Å². The Hall–Kier alpha value is -2.27. The van der Waals surface area contributed by atoms with Crippen LogP contribution in [0.2, 0.25) is 0 Å². The molecule has 1 amide bonds. The Morgan fingerprint density at radius 2 is 1.89 bits per heavy atom. The molecule has 0 aliphatic carbocycles. The summed E-state index contributed by atoms with van der Waals surface area (Å²) in [6.45, 7) is 5.59. The molecule has 1 aromatic carbocycles. The standard InChI is InChI=1S/C22H28N4O/c1-16(17-6-4-3-5-7-17)22(27)26-13-10-20-19(15-26)14-23-21(24-20)18-8-11-25(2)12-9-18/h3-7,14,16,18H,8-13,15H2,1-2H3. The van der Waals surface area contributed by atoms with Crippen LogP contribution in [0.25, 0.3) is 0 Å². The number of carbonyl (C=O) groups excluding carboxylic acids is 1. The van der Waals surface area contributed by atoms with Gasteiger partial charge in [-0.2, -0.15) is 0 Å². The zero-order valence-electron chi connectivity index (χ0n) is 16.3. The minimum atomic E-state index is -0.118. The molecule has 5 nitrogen and oxygen atoms in total. The number of aromatic nitrogens is 2. The van der Waals surface area contributed by atoms with E-state index < -0.39 is 0 Å². The summed E-state index contributed by atoms with van der Waals surface area (Å²) in [5, 5.41) is 0. The van der Waals surface area contributed by atoms with Gasteiger partial charge in [0.05, 0.1) is 11.6 Å². The Morgan fingerprint density at radius 1 is 1.15 bits per heavy atom. The molecule has 1 saturated heterocycles. The highest BCUT2D eigenvalue weighted by atomic mass is 16.2. The van der Waals surface area contributed by atoms with Gasteiger partial charge in [0.15, 0.2) is 0 Å². The van der Waals surface area contributed by atoms with Crippen LogP contribution >= 0.6 is 0 Å². The van der Waals surface area contributed by atoms with Gasteiger partial charge in [0.2, 0.25) is 5.91 Å². The number of piperidine rings is 1. The van der Waals surface area contributed by atoms with Gasteiger partial charge in [-0.3, -0.25) is 4.79 Å². The van der Waals surface area contributed by atoms with Crippen molar-refractivity contribution in [3.63, 3.8) is 0 Å². The average Bonchev–Trinajstić information content (AvgIpc) is 2.73. The second-order valence-corrected chi connectivity index (χ2v) is 7.92. The average molecular weight is 364 g/mol. The van der Waals surface area contributed by atoms with Crippen molar-refractivity contribution in [2.24, 2.45) is 0 Å². The van der Waals surface area contributed by atoms with Gasteiger partial charge in [0.1, 0.15) is 5.82 Å². The first-order valence-electron chi connectivity index (χ1n) is 9.99. The summed E-state index contributed by atoms with van der Waals surface area (Å²) < 4.78 is 0. The molecule has 27 heavy (non-hydrogen) atoms. The van der Waals surface area contributed by atoms with Crippen molar-refractivity contribution < 1.29 is 4.79 Å². The lowest BCUT2D eigenvalue weighted by molar-refractivity contribution is -0.133. The fourth-order valence-corrected chi connectivity index (χ4v) is 4.14. The monoisotopic (exact) mass is 364 g/mol. The van der Waals surface area contributed by atoms with Gasteiger partial charge in [0.25, 0.3) is 0 Å². The van der Waals surface area contributed by atoms with Crippen molar-refractivity contribution in [1.82, 2.24) is 19.8 Å². The molecule has 2 aromatic rings. The van der Waals surface area contributed by atoms with Crippen LogP contribution in [0, 0.1) is 0 Å². The van der Waals surface area contributed by atoms with Crippen LogP contribution in [0.15, 0.2) is 36.5 Å². The smallest absolute Gasteiger partial charge is 0.230 e. The Labute approximate surface area is 161 Å². The number of fused-ring (bicyclic) bond motifs is 1. The number of amides is 1. The Kier molecular flexibility index (Phi) is 5.21. The lowest BCUT2D eigenvalue weighted by Crippen LogP contribution is -2.39. The molecule has 3 heterocycles. The largest absolute Gasteiger partial charge is 0.337 e. The highest BCUT2D eigenvalue weighted by molar-refractivity contribution is 5.83. The van der Waals surface area contributed by atoms with Crippen molar-refractivity contribution in [2.75, 3.05) is 26.7 Å². The molecule has 1 atom stereocenters. The summed E-state index contributed by atoms with van der Waals surface area (Å²) >= 11 is 0. The first-order valence-corrected chi connectivity index (χ1v) is 9.99. The van der Waals surface area contributed by atoms with Crippen LogP contribution in [0.1, 0.15) is 54.2 Å². The van der Waals surface area contributed by atoms with E-state index in [-0.39, 0.29) is 11.8 Å². The van der Waals surface area contributed by atoms with Crippen molar-refractivity contribution in [3.05, 3.63) is 59.2 Å². The third-order valence-electron chi connectivity index (χ3n) is 6.02. The number of carbonyl (C=O) groups is 1. The normalized spacial score (nSPS) is 19.6. The molecule has 5 heteroatoms. The third-order valence-corrected chi connectivity index (χ3v) is 6.02. The first-order chi connectivity index (χ1) is 13.1. The van der Waals surface area contributed by atoms with Crippen molar-refractivity contribution in [3.8, 4) is 0 Å². The molecule has 1 aromatic heterocycles. The SMILES string of the molecule is CC(C(=O)N1CCc2nc(C3CCN(C)CC3)ncc2C1)c1ccccc1. The van der Waals surface area contributed by atoms with Gasteiger partial charge >= 0.3 is 0 Å². The van der Waals surface area contributed by atoms with Crippen LogP contribution in [-0.4, -0.2) is 52.4 Å². The number of benzene rings is 1. The summed E-state index contributed by atoms with van der Waals surface area (Å²) in [4.78, 5) is 26.8. The van der Waals surface area contributed by atoms with E-state index >= 15 is 0 Å². The second-order valence-electron chi connectivity index (χ2n) is 7.92. The minimum absolute atomic E-state index is 0.118. The van der Waals surface area contributed by atoms with Gasteiger partial charge in [-0.1, -0.05) is 30.3 Å². The highest BCUT2D eigenvalue weighted by Gasteiger charge is 2.28. The fourth-order valence-electron chi connectivity index (χ4n) is 4.14. The summed E-state index contributed by atoms with van der Waals surface area (Å²) in [5.74, 6) is 1.54. The Morgan fingerprint density at radius 3 is 2.63 bits per heavy atom. The molecular weight excluding hydrogens is 336 g/mol. The van der Waals surface area contributed by atoms with E-state index in [2.05, 4.69) is 16.9 Å². The van der Waals surface area contributed by atoms with Crippen LogP contribution in [-0.2, 0) is 17.8 Å². The molecular formula is C22H28N4O. The van der Waals surface area contributed by atoms with E-state index in [0.717, 1.165) is 61.5 Å². The maximum absolute atomic E-state index is 12.9. The minimum Gasteiger partial charge on any atom is -0.337 e. The van der Waals surface area contributed by atoms with Crippen molar-refractivity contribution in [2.45, 2.75) is 44.6 Å². The fraction of sp³-hybridized carbons (Fsp3) is 0.500. The second kappa shape index (κ2) is 7.77. The molecule has 0 saturated carbocycles. The first kappa shape index (κ1) is 18.1. The van der Waals surface area contributed by atoms with Crippen LogP contribution in [0.3, 0.4) is 0 Å². The van der Waals surface area contributed by atoms with Gasteiger partial charge < -0.3 is 9.80 Å². The molecule has 0 bridgehead atoms. The summed E-state index contributed by atoms with van der Waals surface area (Å²) in [6.07, 6.45) is 5.05. The van der Waals surface area contributed by atoms with E-state index in [1.165, 1.54) is 0 Å². The molecule has 1 fully saturated rings. The highest BCUT2D eigenvalue weighted by Crippen LogP contribution is 2.27. The van der Waals surface area contributed by atoms with Crippen LogP contribution in [0.4, 0.5) is 0 Å². The molecule has 1 unspecified atom stereocenters. The lowest BCUT2D eigenvalue weighted by Gasteiger charge is -2.32. The topological polar surface area (TPSA) is 49.3 Å². The number of nitrogens with zero attached hydrogens (tertiary/aromatic N) is 4. The molecule has 0 N–H and O–H groups in total. The molecule has 2 aliphatic rings. The maximum Gasteiger partial charge on any atom is 0.230 e. The van der Waals surface area contributed by atoms with E-state index in [0.29, 0.717) is 12.5 Å². The zero-order chi connectivity index (χ0) is 18.8. The van der Waals surface area contributed by atoms with E-state index in [1.54, 1.807) is 0 Å². The number of likely N-dealkylation sites (tertiary alicyclic amines) is 1. The van der Waals surface area contributed by atoms with Gasteiger partial charge in [-0.15, -0.1) is 0 Å². The summed E-state index contributed by atoms with van der Waals surface area (Å²) in [6, 6.07) is 10.0. The predicted molar refractivity (Wildman–Crippen MR) is 105 cm³/mol. The van der Waals surface area contributed by atoms with Crippen LogP contribution in [0.5, 0.6) is 0 Å². The van der Waals surface area contributed by atoms with E-state index in [4.69, 9.17) is 4.98 Å². The van der Waals surface area contributed by atoms with Gasteiger partial charge in [-0.05, 0) is 45.5 Å². The van der Waals surface area contributed by atoms with E-state index in [9.17, 15) is 4.79 Å². The van der Waals surface area contributed by atoms with E-state index in [1.807, 2.05) is 48.4 Å². The quantitative estimate of drug-likeness (QED) is 0.840. The molecule has 0 radical (unpaired) electrons. The molecule has 2 aliphatic heterocycles. The molecule has 4 rings (SSSR count). The lowest BCUT2D eigenvalue weighted by atomic mass is 9.95. The maximum atomic E-state index is 12.9.